The van der Waals surface area contributed by atoms with E-state index in [0.717, 1.165) is 6.42 Å². The third-order valence-electron chi connectivity index (χ3n) is 1.97. The average molecular weight is 202 g/mol. The van der Waals surface area contributed by atoms with Crippen molar-refractivity contribution in [1.29, 1.82) is 0 Å². The van der Waals surface area contributed by atoms with Crippen LogP contribution < -0.4 is 5.32 Å². The molecule has 1 rings (SSSR count). The summed E-state index contributed by atoms with van der Waals surface area (Å²) in [7, 11) is 1.95. The molecule has 0 aromatic heterocycles. The van der Waals surface area contributed by atoms with E-state index in [1.807, 2.05) is 19.2 Å². The van der Waals surface area contributed by atoms with Gasteiger partial charge in [-0.05, 0) is 38.1 Å². The van der Waals surface area contributed by atoms with Crippen molar-refractivity contribution < 1.29 is 5.11 Å². The predicted molar refractivity (Wildman–Crippen MR) is 57.6 cm³/mol. The van der Waals surface area contributed by atoms with Crippen LogP contribution in [0.3, 0.4) is 0 Å². The third-order valence-corrected chi connectivity index (χ3v) is 1.97. The van der Waals surface area contributed by atoms with Crippen molar-refractivity contribution >= 4 is 12.4 Å². The Morgan fingerprint density at radius 1 is 1.31 bits per heavy atom. The van der Waals surface area contributed by atoms with Crippen LogP contribution in [-0.4, -0.2) is 18.2 Å². The molecule has 0 aliphatic rings. The Labute approximate surface area is 85.4 Å². The molecule has 1 atom stereocenters. The van der Waals surface area contributed by atoms with Crippen LogP contribution in [-0.2, 0) is 6.42 Å². The van der Waals surface area contributed by atoms with Crippen LogP contribution in [0.5, 0.6) is 5.75 Å². The Morgan fingerprint density at radius 3 is 2.31 bits per heavy atom. The molecule has 1 aromatic carbocycles. The lowest BCUT2D eigenvalue weighted by atomic mass is 10.1. The minimum absolute atomic E-state index is 0. The van der Waals surface area contributed by atoms with E-state index in [2.05, 4.69) is 12.2 Å². The van der Waals surface area contributed by atoms with Crippen molar-refractivity contribution in [2.24, 2.45) is 0 Å². The largest absolute Gasteiger partial charge is 0.508 e. The second kappa shape index (κ2) is 5.84. The van der Waals surface area contributed by atoms with Gasteiger partial charge in [-0.25, -0.2) is 0 Å². The summed E-state index contributed by atoms with van der Waals surface area (Å²) >= 11 is 0. The van der Waals surface area contributed by atoms with Crippen molar-refractivity contribution in [3.63, 3.8) is 0 Å². The molecule has 1 unspecified atom stereocenters. The Kier molecular flexibility index (Phi) is 5.51. The molecule has 0 saturated heterocycles. The fraction of sp³-hybridized carbons (Fsp3) is 0.400. The molecule has 0 heterocycles. The quantitative estimate of drug-likeness (QED) is 0.784. The molecular weight excluding hydrogens is 186 g/mol. The zero-order chi connectivity index (χ0) is 8.97. The number of nitrogens with one attached hydrogen (secondary N) is 1. The minimum Gasteiger partial charge on any atom is -0.508 e. The Bertz CT molecular complexity index is 235. The molecule has 0 amide bonds. The van der Waals surface area contributed by atoms with Gasteiger partial charge in [0.1, 0.15) is 5.75 Å². The summed E-state index contributed by atoms with van der Waals surface area (Å²) in [6, 6.07) is 7.82. The van der Waals surface area contributed by atoms with E-state index in [4.69, 9.17) is 5.11 Å². The molecule has 0 aliphatic carbocycles. The van der Waals surface area contributed by atoms with E-state index >= 15 is 0 Å². The van der Waals surface area contributed by atoms with E-state index < -0.39 is 0 Å². The fourth-order valence-electron chi connectivity index (χ4n) is 1.09. The van der Waals surface area contributed by atoms with E-state index in [1.54, 1.807) is 12.1 Å². The molecule has 2 nitrogen and oxygen atoms in total. The van der Waals surface area contributed by atoms with Gasteiger partial charge in [-0.3, -0.25) is 0 Å². The summed E-state index contributed by atoms with van der Waals surface area (Å²) in [4.78, 5) is 0. The van der Waals surface area contributed by atoms with Crippen LogP contribution in [0.1, 0.15) is 12.5 Å². The first-order valence-electron chi connectivity index (χ1n) is 4.17. The van der Waals surface area contributed by atoms with Gasteiger partial charge in [-0.1, -0.05) is 12.1 Å². The van der Waals surface area contributed by atoms with Crippen LogP contribution in [0, 0.1) is 0 Å². The van der Waals surface area contributed by atoms with Crippen LogP contribution in [0.15, 0.2) is 24.3 Å². The third kappa shape index (κ3) is 4.15. The SMILES string of the molecule is CNC(C)Cc1ccc(O)cc1.Cl. The molecule has 0 aliphatic heterocycles. The highest BCUT2D eigenvalue weighted by molar-refractivity contribution is 5.85. The van der Waals surface area contributed by atoms with E-state index in [9.17, 15) is 0 Å². The van der Waals surface area contributed by atoms with Gasteiger partial charge < -0.3 is 10.4 Å². The second-order valence-corrected chi connectivity index (χ2v) is 3.06. The second-order valence-electron chi connectivity index (χ2n) is 3.06. The van der Waals surface area contributed by atoms with Gasteiger partial charge in [0.2, 0.25) is 0 Å². The Balaban J connectivity index is 0.00000144. The Morgan fingerprint density at radius 2 is 1.85 bits per heavy atom. The van der Waals surface area contributed by atoms with Gasteiger partial charge in [0.15, 0.2) is 0 Å². The maximum atomic E-state index is 9.03. The molecule has 3 heteroatoms. The van der Waals surface area contributed by atoms with Crippen LogP contribution in [0.4, 0.5) is 0 Å². The highest BCUT2D eigenvalue weighted by Crippen LogP contribution is 2.10. The summed E-state index contributed by atoms with van der Waals surface area (Å²) < 4.78 is 0. The average Bonchev–Trinajstić information content (AvgIpc) is 2.09. The minimum atomic E-state index is 0. The topological polar surface area (TPSA) is 32.3 Å². The highest BCUT2D eigenvalue weighted by atomic mass is 35.5. The number of phenolic OH excluding ortho intramolecular Hbond substituents is 1. The number of benzene rings is 1. The lowest BCUT2D eigenvalue weighted by Crippen LogP contribution is -2.23. The van der Waals surface area contributed by atoms with Gasteiger partial charge in [-0.15, -0.1) is 12.4 Å². The van der Waals surface area contributed by atoms with E-state index in [-0.39, 0.29) is 12.4 Å². The summed E-state index contributed by atoms with van der Waals surface area (Å²) in [5.74, 6) is 0.330. The van der Waals surface area contributed by atoms with Crippen LogP contribution in [0.25, 0.3) is 0 Å². The van der Waals surface area contributed by atoms with Crippen molar-refractivity contribution in [3.8, 4) is 5.75 Å². The number of hydrogen-bond donors (Lipinski definition) is 2. The predicted octanol–water partition coefficient (Wildman–Crippen LogP) is 1.96. The van der Waals surface area contributed by atoms with Crippen molar-refractivity contribution in [2.75, 3.05) is 7.05 Å². The summed E-state index contributed by atoms with van der Waals surface area (Å²) in [5.41, 5.74) is 1.25. The molecule has 74 valence electrons. The molecule has 0 fully saturated rings. The summed E-state index contributed by atoms with van der Waals surface area (Å²) in [6.45, 7) is 2.13. The van der Waals surface area contributed by atoms with Crippen molar-refractivity contribution in [1.82, 2.24) is 5.32 Å². The van der Waals surface area contributed by atoms with Gasteiger partial charge in [0.25, 0.3) is 0 Å². The van der Waals surface area contributed by atoms with Gasteiger partial charge >= 0.3 is 0 Å². The first-order valence-corrected chi connectivity index (χ1v) is 4.17. The number of hydrogen-bond acceptors (Lipinski definition) is 2. The first kappa shape index (κ1) is 12.3. The number of halogens is 1. The van der Waals surface area contributed by atoms with Crippen LogP contribution >= 0.6 is 12.4 Å². The monoisotopic (exact) mass is 201 g/mol. The standard InChI is InChI=1S/C10H15NO.ClH/c1-8(11-2)7-9-3-5-10(12)6-4-9;/h3-6,8,11-12H,7H2,1-2H3;1H. The Hall–Kier alpha value is -0.730. The molecule has 2 N–H and O–H groups in total. The molecule has 0 saturated carbocycles. The maximum absolute atomic E-state index is 9.03. The molecule has 0 radical (unpaired) electrons. The normalized spacial score (nSPS) is 11.8. The van der Waals surface area contributed by atoms with Crippen molar-refractivity contribution in [2.45, 2.75) is 19.4 Å². The number of rotatable bonds is 3. The fourth-order valence-corrected chi connectivity index (χ4v) is 1.09. The summed E-state index contributed by atoms with van der Waals surface area (Å²) in [6.07, 6.45) is 0.997. The molecule has 0 bridgehead atoms. The van der Waals surface area contributed by atoms with E-state index in [0.29, 0.717) is 11.8 Å². The van der Waals surface area contributed by atoms with E-state index in [1.165, 1.54) is 5.56 Å². The van der Waals surface area contributed by atoms with Gasteiger partial charge in [-0.2, -0.15) is 0 Å². The highest BCUT2D eigenvalue weighted by Gasteiger charge is 1.99. The lowest BCUT2D eigenvalue weighted by Gasteiger charge is -2.09. The van der Waals surface area contributed by atoms with Gasteiger partial charge in [0, 0.05) is 6.04 Å². The van der Waals surface area contributed by atoms with Crippen molar-refractivity contribution in [3.05, 3.63) is 29.8 Å². The zero-order valence-corrected chi connectivity index (χ0v) is 8.77. The molecule has 13 heavy (non-hydrogen) atoms. The molecule has 0 spiro atoms. The number of phenols is 1. The zero-order valence-electron chi connectivity index (χ0n) is 7.95. The smallest absolute Gasteiger partial charge is 0.115 e. The number of likely N-dealkylation sites (N-methyl/N-ethyl adjacent to an activating group) is 1. The summed E-state index contributed by atoms with van der Waals surface area (Å²) in [5, 5.41) is 12.2. The lowest BCUT2D eigenvalue weighted by molar-refractivity contribution is 0.475. The first-order chi connectivity index (χ1) is 5.72. The van der Waals surface area contributed by atoms with Gasteiger partial charge in [0.05, 0.1) is 0 Å². The molecule has 1 aromatic rings. The molecular formula is C10H16ClNO. The van der Waals surface area contributed by atoms with Crippen LogP contribution in [0.2, 0.25) is 0 Å². The number of aromatic hydroxyl groups is 1. The maximum Gasteiger partial charge on any atom is 0.115 e.